The fourth-order valence-electron chi connectivity index (χ4n) is 3.99. The first-order valence-corrected chi connectivity index (χ1v) is 12.5. The first-order chi connectivity index (χ1) is 17.4. The average Bonchev–Trinajstić information content (AvgIpc) is 3.28. The Morgan fingerprint density at radius 2 is 1.76 bits per heavy atom. The van der Waals surface area contributed by atoms with Gasteiger partial charge in [-0.05, 0) is 47.9 Å². The number of nitrogens with two attached hydrogens (primary N) is 1. The monoisotopic (exact) mass is 531 g/mol. The normalized spacial score (nSPS) is 12.0. The van der Waals surface area contributed by atoms with Crippen molar-refractivity contribution in [2.24, 2.45) is 12.2 Å². The van der Waals surface area contributed by atoms with Gasteiger partial charge in [-0.15, -0.1) is 0 Å². The van der Waals surface area contributed by atoms with Crippen LogP contribution in [0.4, 0.5) is 24.7 Å². The number of rotatable bonds is 7. The van der Waals surface area contributed by atoms with E-state index in [-0.39, 0.29) is 22.7 Å². The zero-order chi connectivity index (χ0) is 27.0. The number of hydrogen-bond donors (Lipinski definition) is 1. The number of halogens is 3. The van der Waals surface area contributed by atoms with Crippen molar-refractivity contribution in [3.63, 3.8) is 0 Å². The minimum absolute atomic E-state index is 0.127. The minimum atomic E-state index is -4.53. The third kappa shape index (κ3) is 5.59. The molecule has 37 heavy (non-hydrogen) atoms. The second-order valence-electron chi connectivity index (χ2n) is 8.40. The van der Waals surface area contributed by atoms with Crippen molar-refractivity contribution >= 4 is 21.5 Å². The molecule has 0 spiro atoms. The lowest BCUT2D eigenvalue weighted by Crippen LogP contribution is -2.20. The zero-order valence-corrected chi connectivity index (χ0v) is 21.0. The van der Waals surface area contributed by atoms with Gasteiger partial charge in [-0.2, -0.15) is 13.2 Å². The number of nitrogens with zero attached hydrogens (tertiary/aromatic N) is 4. The number of benzene rings is 2. The van der Waals surface area contributed by atoms with Crippen LogP contribution in [-0.2, 0) is 29.7 Å². The van der Waals surface area contributed by atoms with Crippen molar-refractivity contribution in [1.82, 2.24) is 14.5 Å². The molecule has 2 aromatic carbocycles. The van der Waals surface area contributed by atoms with E-state index in [1.165, 1.54) is 17.3 Å². The van der Waals surface area contributed by atoms with Crippen molar-refractivity contribution in [3.05, 3.63) is 83.9 Å². The Labute approximate surface area is 212 Å². The molecular weight excluding hydrogens is 507 g/mol. The molecule has 0 aliphatic carbocycles. The highest BCUT2D eigenvalue weighted by atomic mass is 32.2. The maximum atomic E-state index is 13.0. The van der Waals surface area contributed by atoms with E-state index in [1.807, 2.05) is 12.1 Å². The predicted molar refractivity (Wildman–Crippen MR) is 133 cm³/mol. The summed E-state index contributed by atoms with van der Waals surface area (Å²) in [7, 11) is 0.588. The molecule has 12 heteroatoms. The Hall–Kier alpha value is -3.90. The quantitative estimate of drug-likeness (QED) is 0.376. The SMILES string of the molecule is COc1ccc(Cc2ccc(N(C)c3ccc(C(F)(F)F)cn3)c(-c3cn(C)cn3)c2S(N)(=O)=O)cc1. The third-order valence-corrected chi connectivity index (χ3v) is 6.83. The van der Waals surface area contributed by atoms with Gasteiger partial charge in [0.15, 0.2) is 0 Å². The Balaban J connectivity index is 1.89. The molecule has 0 radical (unpaired) electrons. The summed E-state index contributed by atoms with van der Waals surface area (Å²) < 4.78 is 71.9. The number of aryl methyl sites for hydroxylation is 1. The number of pyridine rings is 1. The zero-order valence-electron chi connectivity index (χ0n) is 20.2. The van der Waals surface area contributed by atoms with Gasteiger partial charge in [0.25, 0.3) is 0 Å². The number of methoxy groups -OCH3 is 1. The van der Waals surface area contributed by atoms with Crippen molar-refractivity contribution in [1.29, 1.82) is 0 Å². The highest BCUT2D eigenvalue weighted by Gasteiger charge is 2.31. The maximum absolute atomic E-state index is 13.0. The highest BCUT2D eigenvalue weighted by molar-refractivity contribution is 7.89. The molecule has 0 bridgehead atoms. The van der Waals surface area contributed by atoms with E-state index in [0.29, 0.717) is 22.7 Å². The Morgan fingerprint density at radius 3 is 2.27 bits per heavy atom. The topological polar surface area (TPSA) is 103 Å². The molecule has 4 rings (SSSR count). The van der Waals surface area contributed by atoms with Gasteiger partial charge in [-0.25, -0.2) is 23.5 Å². The summed E-state index contributed by atoms with van der Waals surface area (Å²) in [6, 6.07) is 12.6. The molecule has 0 unspecified atom stereocenters. The maximum Gasteiger partial charge on any atom is 0.417 e. The van der Waals surface area contributed by atoms with Crippen LogP contribution in [0, 0.1) is 0 Å². The summed E-state index contributed by atoms with van der Waals surface area (Å²) in [4.78, 5) is 9.66. The summed E-state index contributed by atoms with van der Waals surface area (Å²) in [5, 5.41) is 5.74. The van der Waals surface area contributed by atoms with Gasteiger partial charge in [0.1, 0.15) is 11.6 Å². The van der Waals surface area contributed by atoms with Crippen LogP contribution in [0.1, 0.15) is 16.7 Å². The summed E-state index contributed by atoms with van der Waals surface area (Å²) in [6.45, 7) is 0. The number of ether oxygens (including phenoxy) is 1. The Kier molecular flexibility index (Phi) is 6.98. The second kappa shape index (κ2) is 9.87. The van der Waals surface area contributed by atoms with Crippen LogP contribution in [0.25, 0.3) is 11.3 Å². The standard InChI is InChI=1S/C25H24F3N5O3S/c1-32-14-20(31-15-32)23-21(33(2)22-11-7-18(13-30-22)25(26,27)28)10-6-17(24(23)37(29,34)35)12-16-4-8-19(36-3)9-5-16/h4-11,13-15H,12H2,1-3H3,(H2,29,34,35). The first kappa shape index (κ1) is 26.2. The molecule has 0 saturated carbocycles. The summed E-state index contributed by atoms with van der Waals surface area (Å²) >= 11 is 0. The molecule has 0 fully saturated rings. The van der Waals surface area contributed by atoms with Gasteiger partial charge in [-0.1, -0.05) is 18.2 Å². The molecule has 0 amide bonds. The largest absolute Gasteiger partial charge is 0.497 e. The lowest BCUT2D eigenvalue weighted by molar-refractivity contribution is -0.137. The van der Waals surface area contributed by atoms with Crippen molar-refractivity contribution in [2.75, 3.05) is 19.1 Å². The summed E-state index contributed by atoms with van der Waals surface area (Å²) in [5.41, 5.74) is 1.27. The smallest absolute Gasteiger partial charge is 0.417 e. The van der Waals surface area contributed by atoms with Gasteiger partial charge >= 0.3 is 6.18 Å². The van der Waals surface area contributed by atoms with Crippen molar-refractivity contribution in [2.45, 2.75) is 17.5 Å². The van der Waals surface area contributed by atoms with E-state index in [0.717, 1.165) is 17.8 Å². The number of primary sulfonamides is 1. The summed E-state index contributed by atoms with van der Waals surface area (Å²) in [5.74, 6) is 0.832. The van der Waals surface area contributed by atoms with E-state index >= 15 is 0 Å². The average molecular weight is 532 g/mol. The van der Waals surface area contributed by atoms with Gasteiger partial charge in [0.05, 0.1) is 35.3 Å². The fourth-order valence-corrected chi connectivity index (χ4v) is 4.99. The predicted octanol–water partition coefficient (Wildman–Crippen LogP) is 4.52. The molecule has 194 valence electrons. The van der Waals surface area contributed by atoms with Crippen LogP contribution in [-0.4, -0.2) is 37.1 Å². The van der Waals surface area contributed by atoms with Gasteiger partial charge in [-0.3, -0.25) is 0 Å². The van der Waals surface area contributed by atoms with E-state index in [4.69, 9.17) is 9.88 Å². The van der Waals surface area contributed by atoms with Crippen molar-refractivity contribution < 1.29 is 26.3 Å². The van der Waals surface area contributed by atoms with Gasteiger partial charge < -0.3 is 14.2 Å². The number of hydrogen-bond acceptors (Lipinski definition) is 6. The minimum Gasteiger partial charge on any atom is -0.497 e. The number of sulfonamides is 1. The molecule has 8 nitrogen and oxygen atoms in total. The van der Waals surface area contributed by atoms with Crippen LogP contribution in [0.3, 0.4) is 0 Å². The van der Waals surface area contributed by atoms with Crippen molar-refractivity contribution in [3.8, 4) is 17.0 Å². The van der Waals surface area contributed by atoms with Gasteiger partial charge in [0.2, 0.25) is 10.0 Å². The number of aromatic nitrogens is 3. The van der Waals surface area contributed by atoms with E-state index in [1.54, 1.807) is 56.2 Å². The molecule has 0 aliphatic rings. The molecule has 0 atom stereocenters. The molecule has 4 aromatic rings. The lowest BCUT2D eigenvalue weighted by atomic mass is 9.99. The van der Waals surface area contributed by atoms with Crippen LogP contribution in [0.15, 0.2) is 72.1 Å². The molecular formula is C25H24F3N5O3S. The van der Waals surface area contributed by atoms with E-state index in [9.17, 15) is 21.6 Å². The van der Waals surface area contributed by atoms with Crippen LogP contribution in [0.5, 0.6) is 5.75 Å². The van der Waals surface area contributed by atoms with Crippen LogP contribution >= 0.6 is 0 Å². The molecule has 2 N–H and O–H groups in total. The van der Waals surface area contributed by atoms with Crippen LogP contribution < -0.4 is 14.8 Å². The highest BCUT2D eigenvalue weighted by Crippen LogP contribution is 2.40. The number of anilines is 2. The fraction of sp³-hybridized carbons (Fsp3) is 0.200. The third-order valence-electron chi connectivity index (χ3n) is 5.80. The summed E-state index contributed by atoms with van der Waals surface area (Å²) in [6.07, 6.45) is -0.409. The van der Waals surface area contributed by atoms with Gasteiger partial charge in [0, 0.05) is 32.1 Å². The first-order valence-electron chi connectivity index (χ1n) is 11.0. The molecule has 2 heterocycles. The molecule has 0 aliphatic heterocycles. The number of imidazole rings is 1. The van der Waals surface area contributed by atoms with E-state index in [2.05, 4.69) is 9.97 Å². The Morgan fingerprint density at radius 1 is 1.05 bits per heavy atom. The Bertz CT molecular complexity index is 1520. The van der Waals surface area contributed by atoms with Crippen LogP contribution in [0.2, 0.25) is 0 Å². The van der Waals surface area contributed by atoms with E-state index < -0.39 is 21.8 Å². The number of alkyl halides is 3. The second-order valence-corrected chi connectivity index (χ2v) is 9.90. The molecule has 0 saturated heterocycles. The molecule has 2 aromatic heterocycles. The lowest BCUT2D eigenvalue weighted by Gasteiger charge is -2.24.